The van der Waals surface area contributed by atoms with E-state index in [1.54, 1.807) is 18.2 Å². The minimum atomic E-state index is -0.379. The Morgan fingerprint density at radius 3 is 1.90 bits per heavy atom. The van der Waals surface area contributed by atoms with Gasteiger partial charge in [-0.25, -0.2) is 0 Å². The molecular formula is C33H50N2O4. The van der Waals surface area contributed by atoms with Gasteiger partial charge in [0.25, 0.3) is 5.91 Å². The lowest BCUT2D eigenvalue weighted by Crippen LogP contribution is -2.36. The first-order valence-corrected chi connectivity index (χ1v) is 14.3. The molecule has 0 saturated carbocycles. The van der Waals surface area contributed by atoms with Crippen molar-refractivity contribution < 1.29 is 19.4 Å². The van der Waals surface area contributed by atoms with Crippen molar-refractivity contribution in [2.45, 2.75) is 72.1 Å². The van der Waals surface area contributed by atoms with E-state index in [1.165, 1.54) is 6.07 Å². The molecule has 0 fully saturated rings. The fraction of sp³-hybridized carbons (Fsp3) is 0.455. The molecule has 0 heterocycles. The third kappa shape index (κ3) is 22.3. The number of rotatable bonds is 20. The molecule has 0 atom stereocenters. The Bertz CT molecular complexity index is 901. The number of aromatic hydroxyl groups is 1. The van der Waals surface area contributed by atoms with E-state index in [9.17, 15) is 14.7 Å². The van der Waals surface area contributed by atoms with Crippen molar-refractivity contribution in [3.8, 4) is 5.75 Å². The summed E-state index contributed by atoms with van der Waals surface area (Å²) in [5.41, 5.74) is 0.210. The van der Waals surface area contributed by atoms with Crippen LogP contribution in [0.1, 0.15) is 82.5 Å². The molecule has 0 aliphatic rings. The monoisotopic (exact) mass is 538 g/mol. The molecule has 0 spiro atoms. The number of phenolic OH excluding ortho intramolecular Hbond substituents is 1. The number of benzene rings is 1. The molecule has 0 aliphatic carbocycles. The average Bonchev–Trinajstić information content (AvgIpc) is 2.95. The third-order valence-electron chi connectivity index (χ3n) is 5.18. The Balaban J connectivity index is 0.00000704. The summed E-state index contributed by atoms with van der Waals surface area (Å²) in [6.45, 7) is 7.27. The number of amides is 2. The zero-order valence-corrected chi connectivity index (χ0v) is 24.2. The second-order valence-corrected chi connectivity index (χ2v) is 8.38. The highest BCUT2D eigenvalue weighted by atomic mass is 16.5. The van der Waals surface area contributed by atoms with Crippen LogP contribution in [0.3, 0.4) is 0 Å². The van der Waals surface area contributed by atoms with Gasteiger partial charge >= 0.3 is 0 Å². The first-order chi connectivity index (χ1) is 19.1. The van der Waals surface area contributed by atoms with Crippen LogP contribution in [0.2, 0.25) is 0 Å². The van der Waals surface area contributed by atoms with Gasteiger partial charge in [-0.3, -0.25) is 9.59 Å². The van der Waals surface area contributed by atoms with Gasteiger partial charge in [0, 0.05) is 19.7 Å². The predicted octanol–water partition coefficient (Wildman–Crippen LogP) is 7.20. The van der Waals surface area contributed by atoms with Gasteiger partial charge in [-0.15, -0.1) is 0 Å². The van der Waals surface area contributed by atoms with Gasteiger partial charge in [-0.1, -0.05) is 93.7 Å². The normalized spacial score (nSPS) is 11.6. The van der Waals surface area contributed by atoms with Gasteiger partial charge in [0.05, 0.1) is 5.56 Å². The largest absolute Gasteiger partial charge is 0.507 e. The Morgan fingerprint density at radius 2 is 1.31 bits per heavy atom. The molecule has 3 N–H and O–H groups in total. The number of carbonyl (C=O) groups is 2. The van der Waals surface area contributed by atoms with Crippen molar-refractivity contribution in [2.24, 2.45) is 0 Å². The molecule has 0 bridgehead atoms. The predicted molar refractivity (Wildman–Crippen MR) is 164 cm³/mol. The highest BCUT2D eigenvalue weighted by molar-refractivity contribution is 5.96. The van der Waals surface area contributed by atoms with Crippen LogP contribution < -0.4 is 10.6 Å². The molecule has 1 aromatic carbocycles. The molecule has 0 aromatic heterocycles. The minimum Gasteiger partial charge on any atom is -0.507 e. The molecule has 0 radical (unpaired) electrons. The number of ether oxygens (including phenoxy) is 1. The minimum absolute atomic E-state index is 0.00902. The molecule has 39 heavy (non-hydrogen) atoms. The van der Waals surface area contributed by atoms with E-state index in [1.807, 2.05) is 13.8 Å². The van der Waals surface area contributed by atoms with Crippen LogP contribution in [0.25, 0.3) is 0 Å². The lowest BCUT2D eigenvalue weighted by molar-refractivity contribution is -0.125. The Kier molecular flexibility index (Phi) is 25.3. The number of para-hydroxylation sites is 1. The zero-order valence-electron chi connectivity index (χ0n) is 24.2. The van der Waals surface area contributed by atoms with Gasteiger partial charge < -0.3 is 20.5 Å². The van der Waals surface area contributed by atoms with Crippen molar-refractivity contribution in [1.29, 1.82) is 0 Å². The third-order valence-corrected chi connectivity index (χ3v) is 5.18. The van der Waals surface area contributed by atoms with Crippen LogP contribution in [0.5, 0.6) is 5.75 Å². The van der Waals surface area contributed by atoms with Crippen LogP contribution >= 0.6 is 0 Å². The average molecular weight is 539 g/mol. The van der Waals surface area contributed by atoms with Gasteiger partial charge in [-0.2, -0.15) is 0 Å². The van der Waals surface area contributed by atoms with E-state index >= 15 is 0 Å². The first-order valence-electron chi connectivity index (χ1n) is 14.3. The fourth-order valence-corrected chi connectivity index (χ4v) is 3.19. The summed E-state index contributed by atoms with van der Waals surface area (Å²) >= 11 is 0. The summed E-state index contributed by atoms with van der Waals surface area (Å²) in [6, 6.07) is 6.32. The van der Waals surface area contributed by atoms with Crippen LogP contribution in [0.4, 0.5) is 0 Å². The summed E-state index contributed by atoms with van der Waals surface area (Å²) in [4.78, 5) is 23.7. The van der Waals surface area contributed by atoms with Crippen LogP contribution in [-0.2, 0) is 9.53 Å². The Hall–Kier alpha value is -3.38. The van der Waals surface area contributed by atoms with E-state index in [0.29, 0.717) is 13.2 Å². The number of hydrogen-bond acceptors (Lipinski definition) is 4. The summed E-state index contributed by atoms with van der Waals surface area (Å²) in [5.74, 6) is -0.662. The highest BCUT2D eigenvalue weighted by Gasteiger charge is 2.09. The number of nitrogens with one attached hydrogen (secondary N) is 2. The number of phenols is 1. The number of allylic oxidation sites excluding steroid dienone is 10. The molecule has 216 valence electrons. The summed E-state index contributed by atoms with van der Waals surface area (Å²) in [5, 5.41) is 15.0. The van der Waals surface area contributed by atoms with Crippen molar-refractivity contribution in [3.05, 3.63) is 90.6 Å². The van der Waals surface area contributed by atoms with E-state index in [0.717, 1.165) is 51.4 Å². The molecule has 2 amide bonds. The van der Waals surface area contributed by atoms with Crippen molar-refractivity contribution in [2.75, 3.05) is 26.3 Å². The zero-order chi connectivity index (χ0) is 28.8. The maximum Gasteiger partial charge on any atom is 0.255 e. The second kappa shape index (κ2) is 27.6. The van der Waals surface area contributed by atoms with Gasteiger partial charge in [0.15, 0.2) is 0 Å². The van der Waals surface area contributed by atoms with Gasteiger partial charge in [0.2, 0.25) is 5.91 Å². The van der Waals surface area contributed by atoms with Crippen LogP contribution in [0, 0.1) is 0 Å². The molecule has 6 heteroatoms. The molecule has 6 nitrogen and oxygen atoms in total. The van der Waals surface area contributed by atoms with E-state index in [2.05, 4.69) is 78.3 Å². The quantitative estimate of drug-likeness (QED) is 0.121. The molecule has 0 unspecified atom stereocenters. The number of carbonyl (C=O) groups excluding carboxylic acids is 2. The van der Waals surface area contributed by atoms with E-state index in [-0.39, 0.29) is 36.3 Å². The Labute approximate surface area is 236 Å². The lowest BCUT2D eigenvalue weighted by Gasteiger charge is -2.08. The van der Waals surface area contributed by atoms with Crippen molar-refractivity contribution in [1.82, 2.24) is 10.6 Å². The molecule has 0 saturated heterocycles. The molecular weight excluding hydrogens is 488 g/mol. The molecule has 0 aliphatic heterocycles. The lowest BCUT2D eigenvalue weighted by atomic mass is 10.2. The van der Waals surface area contributed by atoms with Crippen LogP contribution in [0.15, 0.2) is 85.0 Å². The van der Waals surface area contributed by atoms with Gasteiger partial charge in [0.1, 0.15) is 12.4 Å². The van der Waals surface area contributed by atoms with E-state index in [4.69, 9.17) is 4.74 Å². The maximum atomic E-state index is 12.0. The second-order valence-electron chi connectivity index (χ2n) is 8.38. The van der Waals surface area contributed by atoms with E-state index < -0.39 is 0 Å². The highest BCUT2D eigenvalue weighted by Crippen LogP contribution is 2.14. The standard InChI is InChI=1S/C31H44N2O4.C2H6/c1-2-3-4-5-6-7-8-9-10-11-12-13-14-15-16-17-18-21-26-37-27-30(35)32-24-25-33-31(36)28-22-19-20-23-29(28)34;1-2/h3-4,6-7,9-10,12-13,15-16,19-20,22-23,34H,2,5,8,11,14,17-18,21,24-27H2,1H3,(H,32,35)(H,33,36);1-2H3/b4-3-,7-6-,10-9-,13-12-,16-15-;. The number of hydrogen-bond donors (Lipinski definition) is 3. The smallest absolute Gasteiger partial charge is 0.255 e. The topological polar surface area (TPSA) is 87.7 Å². The number of unbranched alkanes of at least 4 members (excludes halogenated alkanes) is 2. The summed E-state index contributed by atoms with van der Waals surface area (Å²) in [6.07, 6.45) is 29.9. The SMILES string of the molecule is CC.CC/C=C\C/C=C\C/C=C\C/C=C\C/C=C\CCCCOCC(=O)NCCNC(=O)c1ccccc1O. The summed E-state index contributed by atoms with van der Waals surface area (Å²) < 4.78 is 5.41. The van der Waals surface area contributed by atoms with Gasteiger partial charge in [-0.05, 0) is 63.5 Å². The maximum absolute atomic E-state index is 12.0. The summed E-state index contributed by atoms with van der Waals surface area (Å²) in [7, 11) is 0. The van der Waals surface area contributed by atoms with Crippen LogP contribution in [-0.4, -0.2) is 43.2 Å². The molecule has 1 rings (SSSR count). The van der Waals surface area contributed by atoms with Crippen molar-refractivity contribution in [3.63, 3.8) is 0 Å². The first kappa shape index (κ1) is 35.6. The fourth-order valence-electron chi connectivity index (χ4n) is 3.19. The molecule has 1 aromatic rings. The van der Waals surface area contributed by atoms with Crippen molar-refractivity contribution >= 4 is 11.8 Å². The Morgan fingerprint density at radius 1 is 0.769 bits per heavy atom.